The Labute approximate surface area is 142 Å². The minimum Gasteiger partial charge on any atom is -0.400 e. The first-order chi connectivity index (χ1) is 11.0. The molecule has 0 saturated carbocycles. The van der Waals surface area contributed by atoms with E-state index in [1.165, 1.54) is 24.3 Å². The first-order valence-electron chi connectivity index (χ1n) is 6.53. The molecule has 2 aromatic carbocycles. The van der Waals surface area contributed by atoms with Crippen LogP contribution in [0.1, 0.15) is 11.1 Å². The van der Waals surface area contributed by atoms with E-state index < -0.39 is 20.2 Å². The van der Waals surface area contributed by atoms with Crippen LogP contribution in [0.15, 0.2) is 58.3 Å². The molecule has 3 N–H and O–H groups in total. The molecule has 0 spiro atoms. The van der Waals surface area contributed by atoms with Crippen molar-refractivity contribution >= 4 is 20.2 Å². The quantitative estimate of drug-likeness (QED) is 0.684. The maximum absolute atomic E-state index is 10.5. The van der Waals surface area contributed by atoms with Crippen LogP contribution in [0.3, 0.4) is 0 Å². The Bertz CT molecular complexity index is 749. The maximum Gasteiger partial charge on any atom is 0.294 e. The summed E-state index contributed by atoms with van der Waals surface area (Å²) in [6.07, 6.45) is 0. The lowest BCUT2D eigenvalue weighted by Gasteiger charge is -1.95. The molecule has 0 heterocycles. The number of hydrogen-bond acceptors (Lipinski definition) is 5. The van der Waals surface area contributed by atoms with Crippen molar-refractivity contribution in [3.63, 3.8) is 0 Å². The van der Waals surface area contributed by atoms with E-state index in [4.69, 9.17) is 14.2 Å². The Kier molecular flexibility index (Phi) is 8.80. The van der Waals surface area contributed by atoms with Gasteiger partial charge >= 0.3 is 0 Å². The van der Waals surface area contributed by atoms with Crippen LogP contribution in [0.4, 0.5) is 0 Å². The molecule has 134 valence electrons. The number of aliphatic hydroxyl groups is 1. The number of benzene rings is 2. The largest absolute Gasteiger partial charge is 0.400 e. The van der Waals surface area contributed by atoms with Crippen LogP contribution < -0.4 is 0 Å². The van der Waals surface area contributed by atoms with Gasteiger partial charge in [-0.25, -0.2) is 0 Å². The van der Waals surface area contributed by atoms with Crippen molar-refractivity contribution in [3.8, 4) is 0 Å². The van der Waals surface area contributed by atoms with Crippen molar-refractivity contribution in [2.45, 2.75) is 23.6 Å². The Morgan fingerprint density at radius 3 is 0.958 bits per heavy atom. The van der Waals surface area contributed by atoms with Gasteiger partial charge in [0.05, 0.1) is 9.79 Å². The summed E-state index contributed by atoms with van der Waals surface area (Å²) < 4.78 is 59.1. The molecule has 0 saturated heterocycles. The topological polar surface area (TPSA) is 129 Å². The number of hydrogen-bond donors (Lipinski definition) is 3. The summed E-state index contributed by atoms with van der Waals surface area (Å²) in [6, 6.07) is 12.0. The van der Waals surface area contributed by atoms with Crippen LogP contribution in [-0.2, 0) is 20.2 Å². The lowest BCUT2D eigenvalue weighted by molar-refractivity contribution is 0.399. The molecule has 2 aromatic rings. The van der Waals surface area contributed by atoms with Crippen LogP contribution >= 0.6 is 0 Å². The molecule has 0 aliphatic rings. The van der Waals surface area contributed by atoms with Crippen molar-refractivity contribution < 1.29 is 31.0 Å². The first kappa shape index (κ1) is 22.2. The molecular weight excluding hydrogens is 356 g/mol. The van der Waals surface area contributed by atoms with Crippen molar-refractivity contribution in [1.29, 1.82) is 0 Å². The zero-order valence-electron chi connectivity index (χ0n) is 13.4. The minimum absolute atomic E-state index is 0.0666. The van der Waals surface area contributed by atoms with E-state index in [1.54, 1.807) is 24.3 Å². The number of aliphatic hydroxyl groups excluding tert-OH is 1. The molecule has 0 aliphatic carbocycles. The van der Waals surface area contributed by atoms with Gasteiger partial charge in [0.25, 0.3) is 20.2 Å². The molecule has 9 heteroatoms. The second-order valence-corrected chi connectivity index (χ2v) is 7.42. The predicted molar refractivity (Wildman–Crippen MR) is 90.1 cm³/mol. The van der Waals surface area contributed by atoms with Gasteiger partial charge < -0.3 is 5.11 Å². The van der Waals surface area contributed by atoms with Crippen LogP contribution in [-0.4, -0.2) is 38.2 Å². The van der Waals surface area contributed by atoms with E-state index in [2.05, 4.69) is 0 Å². The van der Waals surface area contributed by atoms with E-state index in [1.807, 2.05) is 13.8 Å². The van der Waals surface area contributed by atoms with E-state index in [0.29, 0.717) is 0 Å². The SMILES string of the molecule is CO.Cc1ccc(S(=O)(=O)O)cc1.Cc1ccc(S(=O)(=O)O)cc1. The van der Waals surface area contributed by atoms with E-state index >= 15 is 0 Å². The molecule has 2 rings (SSSR count). The van der Waals surface area contributed by atoms with Gasteiger partial charge in [0, 0.05) is 7.11 Å². The van der Waals surface area contributed by atoms with Gasteiger partial charge in [-0.2, -0.15) is 16.8 Å². The summed E-state index contributed by atoms with van der Waals surface area (Å²) in [5.41, 5.74) is 1.91. The highest BCUT2D eigenvalue weighted by Gasteiger charge is 2.07. The van der Waals surface area contributed by atoms with Gasteiger partial charge in [0.2, 0.25) is 0 Å². The standard InChI is InChI=1S/2C7H8O3S.CH4O/c2*1-6-2-4-7(5-3-6)11(8,9)10;1-2/h2*2-5H,1H3,(H,8,9,10);2H,1H3. The van der Waals surface area contributed by atoms with Crippen LogP contribution in [0.2, 0.25) is 0 Å². The lowest BCUT2D eigenvalue weighted by atomic mass is 10.2. The van der Waals surface area contributed by atoms with Crippen molar-refractivity contribution in [2.75, 3.05) is 7.11 Å². The first-order valence-corrected chi connectivity index (χ1v) is 9.41. The van der Waals surface area contributed by atoms with E-state index in [9.17, 15) is 16.8 Å². The summed E-state index contributed by atoms with van der Waals surface area (Å²) in [7, 11) is -7.04. The fraction of sp³-hybridized carbons (Fsp3) is 0.200. The monoisotopic (exact) mass is 376 g/mol. The average Bonchev–Trinajstić information content (AvgIpc) is 2.49. The molecule has 0 unspecified atom stereocenters. The molecule has 7 nitrogen and oxygen atoms in total. The minimum atomic E-state index is -4.02. The molecule has 0 bridgehead atoms. The zero-order chi connectivity index (χ0) is 19.0. The Hall–Kier alpha value is -1.78. The Balaban J connectivity index is 0.000000400. The normalized spacial score (nSPS) is 10.8. The smallest absolute Gasteiger partial charge is 0.294 e. The van der Waals surface area contributed by atoms with Gasteiger partial charge in [0.15, 0.2) is 0 Å². The summed E-state index contributed by atoms with van der Waals surface area (Å²) in [5, 5.41) is 7.00. The maximum atomic E-state index is 10.5. The summed E-state index contributed by atoms with van der Waals surface area (Å²) in [5.74, 6) is 0. The van der Waals surface area contributed by atoms with Gasteiger partial charge in [0.1, 0.15) is 0 Å². The molecular formula is C15H20O7S2. The summed E-state index contributed by atoms with van der Waals surface area (Å²) in [4.78, 5) is -0.133. The van der Waals surface area contributed by atoms with Crippen molar-refractivity contribution in [1.82, 2.24) is 0 Å². The van der Waals surface area contributed by atoms with Crippen molar-refractivity contribution in [3.05, 3.63) is 59.7 Å². The predicted octanol–water partition coefficient (Wildman–Crippen LogP) is 2.09. The third-order valence-electron chi connectivity index (χ3n) is 2.64. The van der Waals surface area contributed by atoms with Crippen LogP contribution in [0.25, 0.3) is 0 Å². The fourth-order valence-electron chi connectivity index (χ4n) is 1.42. The molecule has 24 heavy (non-hydrogen) atoms. The molecule has 0 atom stereocenters. The second kappa shape index (κ2) is 9.50. The fourth-order valence-corrected chi connectivity index (χ4v) is 2.38. The average molecular weight is 376 g/mol. The molecule has 0 aromatic heterocycles. The van der Waals surface area contributed by atoms with Crippen LogP contribution in [0, 0.1) is 13.8 Å². The van der Waals surface area contributed by atoms with E-state index in [-0.39, 0.29) is 9.79 Å². The Morgan fingerprint density at radius 2 is 0.792 bits per heavy atom. The van der Waals surface area contributed by atoms with Crippen molar-refractivity contribution in [2.24, 2.45) is 0 Å². The second-order valence-electron chi connectivity index (χ2n) is 4.58. The number of rotatable bonds is 2. The third-order valence-corrected chi connectivity index (χ3v) is 4.37. The highest BCUT2D eigenvalue weighted by molar-refractivity contribution is 7.86. The van der Waals surface area contributed by atoms with Crippen LogP contribution in [0.5, 0.6) is 0 Å². The van der Waals surface area contributed by atoms with Gasteiger partial charge in [-0.1, -0.05) is 35.4 Å². The number of aryl methyl sites for hydroxylation is 2. The molecule has 0 radical (unpaired) electrons. The highest BCUT2D eigenvalue weighted by Crippen LogP contribution is 2.09. The lowest BCUT2D eigenvalue weighted by Crippen LogP contribution is -1.96. The van der Waals surface area contributed by atoms with Gasteiger partial charge in [-0.15, -0.1) is 0 Å². The van der Waals surface area contributed by atoms with E-state index in [0.717, 1.165) is 18.2 Å². The molecule has 0 amide bonds. The van der Waals surface area contributed by atoms with Gasteiger partial charge in [-0.05, 0) is 38.1 Å². The third kappa shape index (κ3) is 8.18. The summed E-state index contributed by atoms with van der Waals surface area (Å²) in [6.45, 7) is 3.68. The molecule has 0 aliphatic heterocycles. The summed E-state index contributed by atoms with van der Waals surface area (Å²) >= 11 is 0. The Morgan fingerprint density at radius 1 is 0.583 bits per heavy atom. The zero-order valence-corrected chi connectivity index (χ0v) is 15.0. The van der Waals surface area contributed by atoms with Gasteiger partial charge in [-0.3, -0.25) is 9.11 Å². The highest BCUT2D eigenvalue weighted by atomic mass is 32.2. The molecule has 0 fully saturated rings.